The van der Waals surface area contributed by atoms with E-state index in [1.54, 1.807) is 30.9 Å². The van der Waals surface area contributed by atoms with E-state index in [0.29, 0.717) is 12.2 Å². The number of carboxylic acids is 1. The Kier molecular flexibility index (Phi) is 3.95. The van der Waals surface area contributed by atoms with Gasteiger partial charge in [-0.2, -0.15) is 0 Å². The molecular weight excluding hydrogens is 310 g/mol. The Morgan fingerprint density at radius 1 is 1.42 bits per heavy atom. The fraction of sp³-hybridized carbons (Fsp3) is 0.214. The van der Waals surface area contributed by atoms with Gasteiger partial charge in [0.2, 0.25) is 0 Å². The van der Waals surface area contributed by atoms with Crippen molar-refractivity contribution in [2.75, 3.05) is 7.11 Å². The van der Waals surface area contributed by atoms with E-state index < -0.39 is 5.97 Å². The third kappa shape index (κ3) is 2.81. The molecule has 0 atom stereocenters. The zero-order chi connectivity index (χ0) is 14.0. The van der Waals surface area contributed by atoms with E-state index in [4.69, 9.17) is 4.74 Å². The second-order valence-electron chi connectivity index (χ2n) is 4.24. The summed E-state index contributed by atoms with van der Waals surface area (Å²) < 4.78 is 7.83. The Morgan fingerprint density at radius 2 is 2.16 bits per heavy atom. The second kappa shape index (κ2) is 5.48. The SMILES string of the molecule is COc1ccc(Br)c(Cn2ccc(C)c2C(=O)O)c1. The first kappa shape index (κ1) is 13.7. The lowest BCUT2D eigenvalue weighted by Crippen LogP contribution is -2.10. The lowest BCUT2D eigenvalue weighted by atomic mass is 10.2. The molecule has 0 fully saturated rings. The molecule has 2 rings (SSSR count). The number of aryl methyl sites for hydroxylation is 1. The van der Waals surface area contributed by atoms with E-state index in [1.807, 2.05) is 18.2 Å². The fourth-order valence-corrected chi connectivity index (χ4v) is 2.36. The van der Waals surface area contributed by atoms with Crippen LogP contribution in [0.2, 0.25) is 0 Å². The summed E-state index contributed by atoms with van der Waals surface area (Å²) in [6, 6.07) is 7.44. The van der Waals surface area contributed by atoms with Gasteiger partial charge in [0, 0.05) is 17.2 Å². The highest BCUT2D eigenvalue weighted by molar-refractivity contribution is 9.10. The van der Waals surface area contributed by atoms with E-state index in [1.165, 1.54) is 0 Å². The maximum absolute atomic E-state index is 11.2. The van der Waals surface area contributed by atoms with E-state index in [-0.39, 0.29) is 0 Å². The highest BCUT2D eigenvalue weighted by Crippen LogP contribution is 2.24. The van der Waals surface area contributed by atoms with E-state index >= 15 is 0 Å². The molecule has 1 heterocycles. The minimum absolute atomic E-state index is 0.315. The standard InChI is InChI=1S/C14H14BrNO3/c1-9-5-6-16(13(9)14(17)18)8-10-7-11(19-2)3-4-12(10)15/h3-7H,8H2,1-2H3,(H,17,18). The largest absolute Gasteiger partial charge is 0.497 e. The van der Waals surface area contributed by atoms with Crippen LogP contribution in [0, 0.1) is 6.92 Å². The van der Waals surface area contributed by atoms with E-state index in [0.717, 1.165) is 21.3 Å². The minimum Gasteiger partial charge on any atom is -0.497 e. The topological polar surface area (TPSA) is 51.5 Å². The number of hydrogen-bond acceptors (Lipinski definition) is 2. The van der Waals surface area contributed by atoms with Gasteiger partial charge in [0.1, 0.15) is 11.4 Å². The summed E-state index contributed by atoms with van der Waals surface area (Å²) in [7, 11) is 1.61. The molecular formula is C14H14BrNO3. The Hall–Kier alpha value is -1.75. The van der Waals surface area contributed by atoms with Crippen LogP contribution in [0.15, 0.2) is 34.9 Å². The van der Waals surface area contributed by atoms with Gasteiger partial charge in [0.15, 0.2) is 0 Å². The lowest BCUT2D eigenvalue weighted by molar-refractivity contribution is 0.0685. The van der Waals surface area contributed by atoms with E-state index in [9.17, 15) is 9.90 Å². The van der Waals surface area contributed by atoms with Gasteiger partial charge in [-0.25, -0.2) is 4.79 Å². The summed E-state index contributed by atoms with van der Waals surface area (Å²) in [5.74, 6) is -0.166. The van der Waals surface area contributed by atoms with Crippen LogP contribution in [0.3, 0.4) is 0 Å². The molecule has 0 aliphatic rings. The van der Waals surface area contributed by atoms with Crippen LogP contribution in [0.25, 0.3) is 0 Å². The molecule has 1 aromatic heterocycles. The van der Waals surface area contributed by atoms with Gasteiger partial charge in [-0.1, -0.05) is 15.9 Å². The summed E-state index contributed by atoms with van der Waals surface area (Å²) in [5.41, 5.74) is 2.04. The van der Waals surface area contributed by atoms with Crippen molar-refractivity contribution in [3.63, 3.8) is 0 Å². The van der Waals surface area contributed by atoms with Crippen LogP contribution >= 0.6 is 15.9 Å². The van der Waals surface area contributed by atoms with Crippen LogP contribution < -0.4 is 4.74 Å². The Labute approximate surface area is 119 Å². The predicted molar refractivity (Wildman–Crippen MR) is 75.9 cm³/mol. The number of aromatic carboxylic acids is 1. The average molecular weight is 324 g/mol. The first-order valence-electron chi connectivity index (χ1n) is 5.74. The van der Waals surface area contributed by atoms with Gasteiger partial charge in [0.05, 0.1) is 7.11 Å². The number of rotatable bonds is 4. The lowest BCUT2D eigenvalue weighted by Gasteiger charge is -2.10. The van der Waals surface area contributed by atoms with Gasteiger partial charge in [-0.3, -0.25) is 0 Å². The van der Waals surface area contributed by atoms with Crippen molar-refractivity contribution in [1.82, 2.24) is 4.57 Å². The number of benzene rings is 1. The molecule has 5 heteroatoms. The molecule has 100 valence electrons. The molecule has 0 saturated heterocycles. The molecule has 2 aromatic rings. The van der Waals surface area contributed by atoms with Gasteiger partial charge in [-0.05, 0) is 42.3 Å². The van der Waals surface area contributed by atoms with Gasteiger partial charge in [0.25, 0.3) is 0 Å². The quantitative estimate of drug-likeness (QED) is 0.939. The molecule has 0 aliphatic carbocycles. The van der Waals surface area contributed by atoms with Crippen molar-refractivity contribution in [1.29, 1.82) is 0 Å². The molecule has 0 radical (unpaired) electrons. The summed E-state index contributed by atoms with van der Waals surface area (Å²) in [6.45, 7) is 2.27. The number of halogens is 1. The molecule has 1 aromatic carbocycles. The molecule has 0 aliphatic heterocycles. The van der Waals surface area contributed by atoms with Crippen LogP contribution in [0.5, 0.6) is 5.75 Å². The van der Waals surface area contributed by atoms with E-state index in [2.05, 4.69) is 15.9 Å². The molecule has 19 heavy (non-hydrogen) atoms. The zero-order valence-corrected chi connectivity index (χ0v) is 12.3. The van der Waals surface area contributed by atoms with Crippen molar-refractivity contribution in [2.45, 2.75) is 13.5 Å². The van der Waals surface area contributed by atoms with Crippen molar-refractivity contribution in [3.05, 3.63) is 51.8 Å². The van der Waals surface area contributed by atoms with Crippen molar-refractivity contribution >= 4 is 21.9 Å². The van der Waals surface area contributed by atoms with Crippen LogP contribution in [-0.2, 0) is 6.54 Å². The van der Waals surface area contributed by atoms with Gasteiger partial charge in [-0.15, -0.1) is 0 Å². The highest BCUT2D eigenvalue weighted by Gasteiger charge is 2.14. The van der Waals surface area contributed by atoms with Crippen LogP contribution in [-0.4, -0.2) is 22.8 Å². The van der Waals surface area contributed by atoms with Gasteiger partial charge < -0.3 is 14.4 Å². The number of carboxylic acid groups (broad SMARTS) is 1. The van der Waals surface area contributed by atoms with Crippen molar-refractivity contribution in [2.24, 2.45) is 0 Å². The summed E-state index contributed by atoms with van der Waals surface area (Å²) >= 11 is 3.47. The molecule has 0 amide bonds. The monoisotopic (exact) mass is 323 g/mol. The van der Waals surface area contributed by atoms with Gasteiger partial charge >= 0.3 is 5.97 Å². The van der Waals surface area contributed by atoms with Crippen LogP contribution in [0.4, 0.5) is 0 Å². The Balaban J connectivity index is 2.39. The number of methoxy groups -OCH3 is 1. The van der Waals surface area contributed by atoms with Crippen LogP contribution in [0.1, 0.15) is 21.6 Å². The average Bonchev–Trinajstić information content (AvgIpc) is 2.73. The van der Waals surface area contributed by atoms with Crippen molar-refractivity contribution < 1.29 is 14.6 Å². The second-order valence-corrected chi connectivity index (χ2v) is 5.09. The summed E-state index contributed by atoms with van der Waals surface area (Å²) in [5, 5.41) is 9.23. The number of carbonyl (C=O) groups is 1. The Morgan fingerprint density at radius 3 is 2.79 bits per heavy atom. The smallest absolute Gasteiger partial charge is 0.352 e. The summed E-state index contributed by atoms with van der Waals surface area (Å²) in [4.78, 5) is 11.2. The minimum atomic E-state index is -0.915. The Bertz CT molecular complexity index is 619. The molecule has 0 bridgehead atoms. The fourth-order valence-electron chi connectivity index (χ4n) is 1.99. The normalized spacial score (nSPS) is 10.5. The molecule has 1 N–H and O–H groups in total. The number of ether oxygens (including phenoxy) is 1. The first-order chi connectivity index (χ1) is 9.02. The number of nitrogens with zero attached hydrogens (tertiary/aromatic N) is 1. The zero-order valence-electron chi connectivity index (χ0n) is 10.7. The molecule has 0 unspecified atom stereocenters. The highest BCUT2D eigenvalue weighted by atomic mass is 79.9. The predicted octanol–water partition coefficient (Wildman–Crippen LogP) is 3.31. The number of aromatic nitrogens is 1. The first-order valence-corrected chi connectivity index (χ1v) is 6.53. The summed E-state index contributed by atoms with van der Waals surface area (Å²) in [6.07, 6.45) is 1.78. The third-order valence-electron chi connectivity index (χ3n) is 2.96. The molecule has 0 saturated carbocycles. The molecule has 4 nitrogen and oxygen atoms in total. The number of hydrogen-bond donors (Lipinski definition) is 1. The van der Waals surface area contributed by atoms with Crippen molar-refractivity contribution in [3.8, 4) is 5.75 Å². The third-order valence-corrected chi connectivity index (χ3v) is 3.73. The molecule has 0 spiro atoms. The maximum atomic E-state index is 11.2. The maximum Gasteiger partial charge on any atom is 0.352 e.